The molecule has 1 amide bonds. The van der Waals surface area contributed by atoms with Crippen LogP contribution in [-0.4, -0.2) is 23.0 Å². The molecular weight excluding hydrogens is 294 g/mol. The van der Waals surface area contributed by atoms with E-state index in [-0.39, 0.29) is 5.69 Å². The van der Waals surface area contributed by atoms with Gasteiger partial charge in [0.15, 0.2) is 5.82 Å². The highest BCUT2D eigenvalue weighted by Gasteiger charge is 2.13. The number of hydrogen-bond donors (Lipinski definition) is 3. The average molecular weight is 308 g/mol. The van der Waals surface area contributed by atoms with E-state index in [1.54, 1.807) is 12.1 Å². The largest absolute Gasteiger partial charge is 0.495 e. The number of aromatic nitrogens is 2. The molecule has 0 aliphatic heterocycles. The third-order valence-electron chi connectivity index (χ3n) is 2.74. The molecule has 0 saturated carbocycles. The molecule has 21 heavy (non-hydrogen) atoms. The Balaban J connectivity index is 2.28. The van der Waals surface area contributed by atoms with Gasteiger partial charge in [-0.15, -0.1) is 0 Å². The number of halogens is 1. The zero-order valence-electron chi connectivity index (χ0n) is 11.5. The Labute approximate surface area is 126 Å². The van der Waals surface area contributed by atoms with Crippen LogP contribution in [0.1, 0.15) is 16.1 Å². The lowest BCUT2D eigenvalue weighted by molar-refractivity contribution is 0.102. The third kappa shape index (κ3) is 3.39. The molecule has 4 N–H and O–H groups in total. The van der Waals surface area contributed by atoms with Crippen LogP contribution in [0.5, 0.6) is 5.75 Å². The van der Waals surface area contributed by atoms with E-state index in [1.165, 1.54) is 19.5 Å². The van der Waals surface area contributed by atoms with Crippen molar-refractivity contribution in [2.24, 2.45) is 5.84 Å². The molecule has 0 aliphatic carbocycles. The molecule has 0 unspecified atom stereocenters. The van der Waals surface area contributed by atoms with Crippen LogP contribution in [-0.2, 0) is 0 Å². The van der Waals surface area contributed by atoms with E-state index in [0.29, 0.717) is 22.3 Å². The molecule has 1 aromatic carbocycles. The predicted octanol–water partition coefficient (Wildman–Crippen LogP) is 1.98. The average Bonchev–Trinajstić information content (AvgIpc) is 2.50. The van der Waals surface area contributed by atoms with Gasteiger partial charge in [-0.25, -0.2) is 10.8 Å². The van der Waals surface area contributed by atoms with Gasteiger partial charge in [-0.1, -0.05) is 11.6 Å². The number of carbonyl (C=O) groups excluding carboxylic acids is 1. The summed E-state index contributed by atoms with van der Waals surface area (Å²) in [6, 6.07) is 3.35. The summed E-state index contributed by atoms with van der Waals surface area (Å²) >= 11 is 6.02. The summed E-state index contributed by atoms with van der Waals surface area (Å²) in [5.41, 5.74) is 3.77. The first-order valence-corrected chi connectivity index (χ1v) is 6.37. The Morgan fingerprint density at radius 2 is 2.14 bits per heavy atom. The topological polar surface area (TPSA) is 102 Å². The minimum Gasteiger partial charge on any atom is -0.495 e. The van der Waals surface area contributed by atoms with Crippen LogP contribution in [0.3, 0.4) is 0 Å². The number of benzene rings is 1. The van der Waals surface area contributed by atoms with Gasteiger partial charge in [0.1, 0.15) is 11.4 Å². The van der Waals surface area contributed by atoms with Gasteiger partial charge in [-0.3, -0.25) is 9.78 Å². The number of amides is 1. The van der Waals surface area contributed by atoms with Crippen LogP contribution < -0.4 is 21.3 Å². The molecule has 7 nitrogen and oxygen atoms in total. The summed E-state index contributed by atoms with van der Waals surface area (Å²) in [5.74, 6) is 5.56. The van der Waals surface area contributed by atoms with Crippen molar-refractivity contribution in [3.8, 4) is 5.75 Å². The summed E-state index contributed by atoms with van der Waals surface area (Å²) in [7, 11) is 1.50. The fraction of sp³-hybridized carbons (Fsp3) is 0.154. The predicted molar refractivity (Wildman–Crippen MR) is 80.5 cm³/mol. The van der Waals surface area contributed by atoms with Crippen molar-refractivity contribution in [2.75, 3.05) is 17.9 Å². The maximum absolute atomic E-state index is 12.2. The smallest absolute Gasteiger partial charge is 0.276 e. The number of nitrogen functional groups attached to an aromatic ring is 1. The van der Waals surface area contributed by atoms with Gasteiger partial charge in [0, 0.05) is 11.1 Å². The first-order valence-electron chi connectivity index (χ1n) is 5.99. The van der Waals surface area contributed by atoms with Gasteiger partial charge in [0.25, 0.3) is 5.91 Å². The van der Waals surface area contributed by atoms with Crippen LogP contribution in [0.15, 0.2) is 24.5 Å². The number of nitrogens with one attached hydrogen (secondary N) is 2. The monoisotopic (exact) mass is 307 g/mol. The Bertz CT molecular complexity index is 678. The fourth-order valence-corrected chi connectivity index (χ4v) is 1.81. The molecule has 8 heteroatoms. The lowest BCUT2D eigenvalue weighted by Gasteiger charge is -2.12. The first kappa shape index (κ1) is 15.0. The number of aryl methyl sites for hydroxylation is 1. The lowest BCUT2D eigenvalue weighted by Crippen LogP contribution is -2.17. The van der Waals surface area contributed by atoms with E-state index >= 15 is 0 Å². The molecular formula is C13H14ClN5O2. The van der Waals surface area contributed by atoms with Gasteiger partial charge in [0.05, 0.1) is 25.2 Å². The lowest BCUT2D eigenvalue weighted by atomic mass is 10.2. The second kappa shape index (κ2) is 6.38. The van der Waals surface area contributed by atoms with E-state index in [1.807, 2.05) is 6.92 Å². The van der Waals surface area contributed by atoms with Crippen molar-refractivity contribution in [2.45, 2.75) is 6.92 Å². The molecule has 0 fully saturated rings. The highest BCUT2D eigenvalue weighted by atomic mass is 35.5. The van der Waals surface area contributed by atoms with Crippen LogP contribution >= 0.6 is 11.6 Å². The molecule has 0 radical (unpaired) electrons. The molecule has 110 valence electrons. The minimum atomic E-state index is -0.431. The van der Waals surface area contributed by atoms with E-state index in [2.05, 4.69) is 20.7 Å². The minimum absolute atomic E-state index is 0.125. The normalized spacial score (nSPS) is 10.1. The Hall–Kier alpha value is -2.38. The van der Waals surface area contributed by atoms with E-state index in [4.69, 9.17) is 22.2 Å². The molecule has 1 aromatic heterocycles. The second-order valence-corrected chi connectivity index (χ2v) is 4.60. The number of anilines is 2. The summed E-state index contributed by atoms with van der Waals surface area (Å²) in [4.78, 5) is 20.1. The highest BCUT2D eigenvalue weighted by molar-refractivity contribution is 6.31. The number of hydrazine groups is 1. The van der Waals surface area contributed by atoms with E-state index in [9.17, 15) is 4.79 Å². The van der Waals surface area contributed by atoms with Gasteiger partial charge in [-0.2, -0.15) is 0 Å². The van der Waals surface area contributed by atoms with Crippen molar-refractivity contribution in [1.29, 1.82) is 0 Å². The fourth-order valence-electron chi connectivity index (χ4n) is 1.66. The maximum atomic E-state index is 12.2. The zero-order chi connectivity index (χ0) is 15.4. The number of rotatable bonds is 4. The summed E-state index contributed by atoms with van der Waals surface area (Å²) < 4.78 is 5.20. The molecule has 0 spiro atoms. The van der Waals surface area contributed by atoms with Gasteiger partial charge < -0.3 is 15.5 Å². The van der Waals surface area contributed by atoms with Gasteiger partial charge >= 0.3 is 0 Å². The van der Waals surface area contributed by atoms with Crippen LogP contribution in [0.2, 0.25) is 5.02 Å². The highest BCUT2D eigenvalue weighted by Crippen LogP contribution is 2.31. The third-order valence-corrected chi connectivity index (χ3v) is 3.15. The van der Waals surface area contributed by atoms with Gasteiger partial charge in [0.2, 0.25) is 0 Å². The van der Waals surface area contributed by atoms with Crippen molar-refractivity contribution in [3.63, 3.8) is 0 Å². The van der Waals surface area contributed by atoms with E-state index in [0.717, 1.165) is 5.56 Å². The summed E-state index contributed by atoms with van der Waals surface area (Å²) in [6.45, 7) is 1.83. The molecule has 0 saturated heterocycles. The Morgan fingerprint density at radius 3 is 2.81 bits per heavy atom. The Morgan fingerprint density at radius 1 is 1.38 bits per heavy atom. The molecule has 1 heterocycles. The molecule has 0 aliphatic rings. The van der Waals surface area contributed by atoms with E-state index < -0.39 is 5.91 Å². The second-order valence-electron chi connectivity index (χ2n) is 4.19. The summed E-state index contributed by atoms with van der Waals surface area (Å²) in [5, 5.41) is 3.26. The van der Waals surface area contributed by atoms with Crippen molar-refractivity contribution in [3.05, 3.63) is 40.8 Å². The zero-order valence-corrected chi connectivity index (χ0v) is 12.2. The molecule has 2 aromatic rings. The molecule has 2 rings (SSSR count). The van der Waals surface area contributed by atoms with Crippen molar-refractivity contribution < 1.29 is 9.53 Å². The standard InChI is InChI=1S/C13H14ClN5O2/c1-7-3-9(11(21-2)4-8(7)14)18-13(20)10-5-16-6-12(17-10)19-15/h3-6H,15H2,1-2H3,(H,17,19)(H,18,20). The SMILES string of the molecule is COc1cc(Cl)c(C)cc1NC(=O)c1cncc(NN)n1. The molecule has 0 bridgehead atoms. The number of methoxy groups -OCH3 is 1. The first-order chi connectivity index (χ1) is 10.0. The van der Waals surface area contributed by atoms with Crippen molar-refractivity contribution >= 4 is 29.0 Å². The number of nitrogens with two attached hydrogens (primary N) is 1. The number of nitrogens with zero attached hydrogens (tertiary/aromatic N) is 2. The quantitative estimate of drug-likeness (QED) is 0.589. The number of ether oxygens (including phenoxy) is 1. The number of carbonyl (C=O) groups is 1. The number of hydrogen-bond acceptors (Lipinski definition) is 6. The van der Waals surface area contributed by atoms with Crippen LogP contribution in [0, 0.1) is 6.92 Å². The van der Waals surface area contributed by atoms with Crippen molar-refractivity contribution in [1.82, 2.24) is 9.97 Å². The Kier molecular flexibility index (Phi) is 4.56. The molecule has 0 atom stereocenters. The van der Waals surface area contributed by atoms with Gasteiger partial charge in [-0.05, 0) is 18.6 Å². The summed E-state index contributed by atoms with van der Waals surface area (Å²) in [6.07, 6.45) is 2.75. The van der Waals surface area contributed by atoms with Crippen LogP contribution in [0.4, 0.5) is 11.5 Å². The maximum Gasteiger partial charge on any atom is 0.276 e. The van der Waals surface area contributed by atoms with Crippen LogP contribution in [0.25, 0.3) is 0 Å².